The molecule has 0 aromatic heterocycles. The lowest BCUT2D eigenvalue weighted by atomic mass is 9.85. The van der Waals surface area contributed by atoms with Crippen molar-refractivity contribution in [1.29, 1.82) is 0 Å². The van der Waals surface area contributed by atoms with Crippen LogP contribution in [0.1, 0.15) is 43.4 Å². The molecule has 3 nitrogen and oxygen atoms in total. The molecule has 2 aliphatic rings. The molecule has 0 amide bonds. The molecule has 0 radical (unpaired) electrons. The van der Waals surface area contributed by atoms with Crippen molar-refractivity contribution in [3.8, 4) is 5.75 Å². The first-order valence-corrected chi connectivity index (χ1v) is 7.81. The van der Waals surface area contributed by atoms with E-state index in [-0.39, 0.29) is 6.10 Å². The molecule has 1 aromatic rings. The minimum Gasteiger partial charge on any atom is -0.497 e. The largest absolute Gasteiger partial charge is 0.497 e. The van der Waals surface area contributed by atoms with Gasteiger partial charge < -0.3 is 9.84 Å². The van der Waals surface area contributed by atoms with Crippen molar-refractivity contribution in [2.24, 2.45) is 5.92 Å². The number of aryl methyl sites for hydroxylation is 1. The SMILES string of the molecule is CCC1CCN(C2CCc3cc(OC)ccc3C2O)C1. The summed E-state index contributed by atoms with van der Waals surface area (Å²) in [5.41, 5.74) is 2.35. The topological polar surface area (TPSA) is 32.7 Å². The summed E-state index contributed by atoms with van der Waals surface area (Å²) in [6.45, 7) is 4.57. The maximum Gasteiger partial charge on any atom is 0.119 e. The van der Waals surface area contributed by atoms with Gasteiger partial charge in [-0.1, -0.05) is 19.4 Å². The van der Waals surface area contributed by atoms with E-state index in [0.717, 1.165) is 43.2 Å². The summed E-state index contributed by atoms with van der Waals surface area (Å²) in [5, 5.41) is 10.7. The Morgan fingerprint density at radius 1 is 1.35 bits per heavy atom. The maximum absolute atomic E-state index is 10.7. The van der Waals surface area contributed by atoms with E-state index in [0.29, 0.717) is 6.04 Å². The van der Waals surface area contributed by atoms with Crippen LogP contribution in [0.5, 0.6) is 5.75 Å². The second-order valence-electron chi connectivity index (χ2n) is 6.17. The molecule has 1 aliphatic carbocycles. The molecule has 3 unspecified atom stereocenters. The normalized spacial score (nSPS) is 30.2. The van der Waals surface area contributed by atoms with E-state index >= 15 is 0 Å². The molecule has 0 bridgehead atoms. The van der Waals surface area contributed by atoms with E-state index in [4.69, 9.17) is 4.74 Å². The fourth-order valence-electron chi connectivity index (χ4n) is 3.76. The Kier molecular flexibility index (Phi) is 3.99. The number of ether oxygens (including phenoxy) is 1. The Balaban J connectivity index is 1.77. The fourth-order valence-corrected chi connectivity index (χ4v) is 3.76. The fraction of sp³-hybridized carbons (Fsp3) is 0.647. The van der Waals surface area contributed by atoms with Gasteiger partial charge in [0.05, 0.1) is 13.2 Å². The Morgan fingerprint density at radius 3 is 2.90 bits per heavy atom. The zero-order valence-corrected chi connectivity index (χ0v) is 12.5. The monoisotopic (exact) mass is 275 g/mol. The second kappa shape index (κ2) is 5.74. The van der Waals surface area contributed by atoms with Crippen LogP contribution in [0, 0.1) is 5.92 Å². The van der Waals surface area contributed by atoms with E-state index in [1.54, 1.807) is 7.11 Å². The van der Waals surface area contributed by atoms with Crippen LogP contribution in [-0.2, 0) is 6.42 Å². The predicted molar refractivity (Wildman–Crippen MR) is 80.0 cm³/mol. The van der Waals surface area contributed by atoms with Crippen molar-refractivity contribution in [2.45, 2.75) is 44.8 Å². The third-order valence-electron chi connectivity index (χ3n) is 5.11. The molecule has 1 fully saturated rings. The summed E-state index contributed by atoms with van der Waals surface area (Å²) < 4.78 is 5.28. The zero-order valence-electron chi connectivity index (χ0n) is 12.5. The molecule has 0 spiro atoms. The van der Waals surface area contributed by atoms with Crippen LogP contribution in [0.3, 0.4) is 0 Å². The molecule has 1 heterocycles. The molecule has 20 heavy (non-hydrogen) atoms. The molecule has 110 valence electrons. The van der Waals surface area contributed by atoms with Crippen LogP contribution < -0.4 is 4.74 Å². The highest BCUT2D eigenvalue weighted by atomic mass is 16.5. The average Bonchev–Trinajstić information content (AvgIpc) is 2.96. The maximum atomic E-state index is 10.7. The minimum atomic E-state index is -0.347. The van der Waals surface area contributed by atoms with Gasteiger partial charge in [-0.05, 0) is 55.0 Å². The summed E-state index contributed by atoms with van der Waals surface area (Å²) in [6, 6.07) is 6.38. The van der Waals surface area contributed by atoms with Gasteiger partial charge in [-0.3, -0.25) is 4.90 Å². The molecule has 1 aliphatic heterocycles. The highest BCUT2D eigenvalue weighted by Gasteiger charge is 2.35. The molecular weight excluding hydrogens is 250 g/mol. The van der Waals surface area contributed by atoms with Gasteiger partial charge in [-0.2, -0.15) is 0 Å². The number of hydrogen-bond acceptors (Lipinski definition) is 3. The van der Waals surface area contributed by atoms with Crippen molar-refractivity contribution >= 4 is 0 Å². The van der Waals surface area contributed by atoms with Crippen LogP contribution in [0.25, 0.3) is 0 Å². The molecule has 3 atom stereocenters. The zero-order chi connectivity index (χ0) is 14.1. The van der Waals surface area contributed by atoms with Gasteiger partial charge >= 0.3 is 0 Å². The molecule has 3 heteroatoms. The second-order valence-corrected chi connectivity index (χ2v) is 6.17. The molecule has 1 N–H and O–H groups in total. The number of likely N-dealkylation sites (tertiary alicyclic amines) is 1. The van der Waals surface area contributed by atoms with Gasteiger partial charge in [0, 0.05) is 12.6 Å². The summed E-state index contributed by atoms with van der Waals surface area (Å²) in [7, 11) is 1.69. The van der Waals surface area contributed by atoms with Gasteiger partial charge in [-0.25, -0.2) is 0 Å². The first kappa shape index (κ1) is 13.9. The molecular formula is C17H25NO2. The highest BCUT2D eigenvalue weighted by molar-refractivity contribution is 5.39. The summed E-state index contributed by atoms with van der Waals surface area (Å²) >= 11 is 0. The Hall–Kier alpha value is -1.06. The number of benzene rings is 1. The number of aliphatic hydroxyl groups excluding tert-OH is 1. The van der Waals surface area contributed by atoms with E-state index in [2.05, 4.69) is 17.9 Å². The number of hydrogen-bond donors (Lipinski definition) is 1. The van der Waals surface area contributed by atoms with Crippen molar-refractivity contribution in [3.05, 3.63) is 29.3 Å². The van der Waals surface area contributed by atoms with Gasteiger partial charge in [-0.15, -0.1) is 0 Å². The van der Waals surface area contributed by atoms with Gasteiger partial charge in [0.1, 0.15) is 5.75 Å². The Bertz CT molecular complexity index is 474. The number of methoxy groups -OCH3 is 1. The number of aliphatic hydroxyl groups is 1. The first-order valence-electron chi connectivity index (χ1n) is 7.81. The van der Waals surface area contributed by atoms with Gasteiger partial charge in [0.25, 0.3) is 0 Å². The first-order chi connectivity index (χ1) is 9.72. The highest BCUT2D eigenvalue weighted by Crippen LogP contribution is 2.37. The Labute approximate surface area is 121 Å². The van der Waals surface area contributed by atoms with E-state index in [1.165, 1.54) is 18.4 Å². The lowest BCUT2D eigenvalue weighted by Gasteiger charge is -2.36. The average molecular weight is 275 g/mol. The summed E-state index contributed by atoms with van der Waals surface area (Å²) in [4.78, 5) is 2.51. The smallest absolute Gasteiger partial charge is 0.119 e. The molecule has 0 saturated carbocycles. The van der Waals surface area contributed by atoms with E-state index in [1.807, 2.05) is 12.1 Å². The van der Waals surface area contributed by atoms with Crippen molar-refractivity contribution in [2.75, 3.05) is 20.2 Å². The van der Waals surface area contributed by atoms with Crippen molar-refractivity contribution in [3.63, 3.8) is 0 Å². The summed E-state index contributed by atoms with van der Waals surface area (Å²) in [5.74, 6) is 1.71. The van der Waals surface area contributed by atoms with E-state index in [9.17, 15) is 5.11 Å². The lowest BCUT2D eigenvalue weighted by molar-refractivity contribution is 0.0467. The van der Waals surface area contributed by atoms with Crippen LogP contribution >= 0.6 is 0 Å². The summed E-state index contributed by atoms with van der Waals surface area (Å²) in [6.07, 6.45) is 4.29. The van der Waals surface area contributed by atoms with Crippen LogP contribution in [-0.4, -0.2) is 36.2 Å². The number of rotatable bonds is 3. The third kappa shape index (κ3) is 2.45. The third-order valence-corrected chi connectivity index (χ3v) is 5.11. The van der Waals surface area contributed by atoms with E-state index < -0.39 is 0 Å². The van der Waals surface area contributed by atoms with Gasteiger partial charge in [0.15, 0.2) is 0 Å². The Morgan fingerprint density at radius 2 is 2.20 bits per heavy atom. The molecule has 3 rings (SSSR count). The van der Waals surface area contributed by atoms with Gasteiger partial charge in [0.2, 0.25) is 0 Å². The quantitative estimate of drug-likeness (QED) is 0.920. The minimum absolute atomic E-state index is 0.299. The number of fused-ring (bicyclic) bond motifs is 1. The van der Waals surface area contributed by atoms with Crippen LogP contribution in [0.15, 0.2) is 18.2 Å². The van der Waals surface area contributed by atoms with Crippen molar-refractivity contribution in [1.82, 2.24) is 4.90 Å². The van der Waals surface area contributed by atoms with Crippen LogP contribution in [0.4, 0.5) is 0 Å². The molecule has 1 aromatic carbocycles. The number of nitrogens with zero attached hydrogens (tertiary/aromatic N) is 1. The van der Waals surface area contributed by atoms with Crippen molar-refractivity contribution < 1.29 is 9.84 Å². The standard InChI is InChI=1S/C17H25NO2/c1-3-12-8-9-18(11-12)16-7-4-13-10-14(20-2)5-6-15(13)17(16)19/h5-6,10,12,16-17,19H,3-4,7-9,11H2,1-2H3. The van der Waals surface area contributed by atoms with Crippen LogP contribution in [0.2, 0.25) is 0 Å². The predicted octanol–water partition coefficient (Wildman–Crippen LogP) is 2.78. The lowest BCUT2D eigenvalue weighted by Crippen LogP contribution is -2.41. The molecule has 1 saturated heterocycles.